The average molecular weight is 344 g/mol. The van der Waals surface area contributed by atoms with Crippen LogP contribution in [-0.4, -0.2) is 79.6 Å². The Morgan fingerprint density at radius 3 is 2.52 bits per heavy atom. The van der Waals surface area contributed by atoms with Gasteiger partial charge in [-0.3, -0.25) is 9.89 Å². The highest BCUT2D eigenvalue weighted by Crippen LogP contribution is 2.15. The number of likely N-dealkylation sites (tertiary alicyclic amines) is 1. The van der Waals surface area contributed by atoms with E-state index in [4.69, 9.17) is 4.99 Å². The number of nitrogens with one attached hydrogen (secondary N) is 1. The number of hydrogen-bond donors (Lipinski definition) is 1. The average Bonchev–Trinajstić information content (AvgIpc) is 3.05. The molecule has 0 amide bonds. The fraction of sp³-hybridized carbons (Fsp3) is 0.650. The number of rotatable bonds is 5. The monoisotopic (exact) mass is 343 g/mol. The van der Waals surface area contributed by atoms with Gasteiger partial charge in [0.05, 0.1) is 6.54 Å². The summed E-state index contributed by atoms with van der Waals surface area (Å²) < 4.78 is 0. The summed E-state index contributed by atoms with van der Waals surface area (Å²) in [5.41, 5.74) is 1.40. The highest BCUT2D eigenvalue weighted by Gasteiger charge is 2.22. The summed E-state index contributed by atoms with van der Waals surface area (Å²) in [6.07, 6.45) is 2.59. The molecule has 0 aliphatic carbocycles. The molecule has 2 fully saturated rings. The molecular weight excluding hydrogens is 310 g/mol. The maximum atomic E-state index is 4.95. The van der Waals surface area contributed by atoms with Crippen LogP contribution in [0.25, 0.3) is 0 Å². The van der Waals surface area contributed by atoms with Crippen LogP contribution >= 0.6 is 0 Å². The van der Waals surface area contributed by atoms with E-state index in [9.17, 15) is 0 Å². The number of likely N-dealkylation sites (N-methyl/N-ethyl adjacent to an activating group) is 1. The van der Waals surface area contributed by atoms with Crippen molar-refractivity contribution in [1.82, 2.24) is 20.0 Å². The molecule has 3 rings (SSSR count). The third kappa shape index (κ3) is 5.19. The molecule has 0 saturated carbocycles. The Morgan fingerprint density at radius 1 is 1.12 bits per heavy atom. The van der Waals surface area contributed by atoms with Crippen molar-refractivity contribution in [3.05, 3.63) is 35.9 Å². The van der Waals surface area contributed by atoms with Crippen LogP contribution in [0.4, 0.5) is 0 Å². The van der Waals surface area contributed by atoms with Crippen molar-refractivity contribution in [2.24, 2.45) is 4.99 Å². The van der Waals surface area contributed by atoms with Gasteiger partial charge >= 0.3 is 0 Å². The van der Waals surface area contributed by atoms with Crippen LogP contribution in [0.3, 0.4) is 0 Å². The van der Waals surface area contributed by atoms with Crippen molar-refractivity contribution in [2.75, 3.05) is 52.9 Å². The standard InChI is InChI=1S/C20H33N5/c1-3-21-20(22-16-19-10-7-11-23(19)2)25-14-12-24(13-15-25)17-18-8-5-4-6-9-18/h4-6,8-9,19H,3,7,10-17H2,1-2H3,(H,21,22). The molecule has 5 heteroatoms. The third-order valence-corrected chi connectivity index (χ3v) is 5.38. The molecule has 2 aliphatic heterocycles. The van der Waals surface area contributed by atoms with Crippen LogP contribution < -0.4 is 5.32 Å². The molecular formula is C20H33N5. The summed E-state index contributed by atoms with van der Waals surface area (Å²) in [6.45, 7) is 10.6. The van der Waals surface area contributed by atoms with Crippen LogP contribution in [0, 0.1) is 0 Å². The van der Waals surface area contributed by atoms with Crippen molar-refractivity contribution in [3.63, 3.8) is 0 Å². The van der Waals surface area contributed by atoms with Gasteiger partial charge in [-0.1, -0.05) is 30.3 Å². The molecule has 0 spiro atoms. The minimum atomic E-state index is 0.619. The maximum absolute atomic E-state index is 4.95. The fourth-order valence-electron chi connectivity index (χ4n) is 3.79. The molecule has 2 aliphatic rings. The van der Waals surface area contributed by atoms with Gasteiger partial charge in [-0.2, -0.15) is 0 Å². The highest BCUT2D eigenvalue weighted by atomic mass is 15.3. The molecule has 1 aromatic carbocycles. The number of aliphatic imine (C=N–C) groups is 1. The lowest BCUT2D eigenvalue weighted by molar-refractivity contribution is 0.172. The van der Waals surface area contributed by atoms with E-state index in [1.54, 1.807) is 0 Å². The summed E-state index contributed by atoms with van der Waals surface area (Å²) in [4.78, 5) is 12.4. The number of guanidine groups is 1. The largest absolute Gasteiger partial charge is 0.357 e. The predicted octanol–water partition coefficient (Wildman–Crippen LogP) is 1.86. The lowest BCUT2D eigenvalue weighted by atomic mass is 10.2. The Balaban J connectivity index is 1.51. The molecule has 25 heavy (non-hydrogen) atoms. The van der Waals surface area contributed by atoms with E-state index in [1.165, 1.54) is 24.9 Å². The molecule has 0 bridgehead atoms. The quantitative estimate of drug-likeness (QED) is 0.654. The Bertz CT molecular complexity index is 536. The lowest BCUT2D eigenvalue weighted by Gasteiger charge is -2.36. The van der Waals surface area contributed by atoms with Crippen molar-refractivity contribution in [2.45, 2.75) is 32.4 Å². The van der Waals surface area contributed by atoms with Gasteiger partial charge in [-0.15, -0.1) is 0 Å². The van der Waals surface area contributed by atoms with E-state index in [0.29, 0.717) is 6.04 Å². The van der Waals surface area contributed by atoms with Gasteiger partial charge in [0.1, 0.15) is 0 Å². The SMILES string of the molecule is CCNC(=NCC1CCCN1C)N1CCN(Cc2ccccc2)CC1. The number of benzene rings is 1. The van der Waals surface area contributed by atoms with Crippen LogP contribution in [-0.2, 0) is 6.54 Å². The summed E-state index contributed by atoms with van der Waals surface area (Å²) >= 11 is 0. The molecule has 0 radical (unpaired) electrons. The molecule has 1 unspecified atom stereocenters. The van der Waals surface area contributed by atoms with E-state index in [1.807, 2.05) is 0 Å². The topological polar surface area (TPSA) is 34.1 Å². The molecule has 138 valence electrons. The lowest BCUT2D eigenvalue weighted by Crippen LogP contribution is -2.52. The first kappa shape index (κ1) is 18.2. The van der Waals surface area contributed by atoms with Gasteiger partial charge in [-0.25, -0.2) is 0 Å². The highest BCUT2D eigenvalue weighted by molar-refractivity contribution is 5.80. The minimum absolute atomic E-state index is 0.619. The Hall–Kier alpha value is -1.59. The Kier molecular flexibility index (Phi) is 6.70. The van der Waals surface area contributed by atoms with Crippen LogP contribution in [0.2, 0.25) is 0 Å². The van der Waals surface area contributed by atoms with Gasteiger partial charge in [0, 0.05) is 45.3 Å². The zero-order valence-electron chi connectivity index (χ0n) is 15.8. The summed E-state index contributed by atoms with van der Waals surface area (Å²) in [6, 6.07) is 11.4. The van der Waals surface area contributed by atoms with Crippen molar-refractivity contribution >= 4 is 5.96 Å². The van der Waals surface area contributed by atoms with E-state index in [0.717, 1.165) is 51.8 Å². The Morgan fingerprint density at radius 2 is 1.88 bits per heavy atom. The first-order valence-electron chi connectivity index (χ1n) is 9.76. The summed E-state index contributed by atoms with van der Waals surface area (Å²) in [5.74, 6) is 1.10. The van der Waals surface area contributed by atoms with E-state index >= 15 is 0 Å². The Labute approximate surface area is 152 Å². The van der Waals surface area contributed by atoms with E-state index in [-0.39, 0.29) is 0 Å². The second kappa shape index (κ2) is 9.20. The number of nitrogens with zero attached hydrogens (tertiary/aromatic N) is 4. The van der Waals surface area contributed by atoms with Crippen LogP contribution in [0.15, 0.2) is 35.3 Å². The van der Waals surface area contributed by atoms with Gasteiger partial charge in [0.2, 0.25) is 0 Å². The molecule has 0 aromatic heterocycles. The van der Waals surface area contributed by atoms with Crippen molar-refractivity contribution < 1.29 is 0 Å². The van der Waals surface area contributed by atoms with E-state index in [2.05, 4.69) is 64.3 Å². The first-order chi connectivity index (χ1) is 12.3. The summed E-state index contributed by atoms with van der Waals surface area (Å²) in [7, 11) is 2.22. The molecule has 1 aromatic rings. The predicted molar refractivity (Wildman–Crippen MR) is 105 cm³/mol. The molecule has 1 atom stereocenters. The zero-order chi connectivity index (χ0) is 17.5. The molecule has 2 heterocycles. The van der Waals surface area contributed by atoms with Crippen LogP contribution in [0.5, 0.6) is 0 Å². The van der Waals surface area contributed by atoms with Gasteiger partial charge in [-0.05, 0) is 38.9 Å². The van der Waals surface area contributed by atoms with Gasteiger partial charge in [0.15, 0.2) is 5.96 Å². The smallest absolute Gasteiger partial charge is 0.194 e. The first-order valence-corrected chi connectivity index (χ1v) is 9.76. The molecule has 2 saturated heterocycles. The van der Waals surface area contributed by atoms with Gasteiger partial charge < -0.3 is 15.1 Å². The van der Waals surface area contributed by atoms with Crippen molar-refractivity contribution in [3.8, 4) is 0 Å². The normalized spacial score (nSPS) is 23.2. The number of piperazine rings is 1. The molecule has 5 nitrogen and oxygen atoms in total. The zero-order valence-corrected chi connectivity index (χ0v) is 15.8. The molecule has 1 N–H and O–H groups in total. The number of hydrogen-bond acceptors (Lipinski definition) is 3. The van der Waals surface area contributed by atoms with Crippen LogP contribution in [0.1, 0.15) is 25.3 Å². The van der Waals surface area contributed by atoms with Crippen molar-refractivity contribution in [1.29, 1.82) is 0 Å². The van der Waals surface area contributed by atoms with Gasteiger partial charge in [0.25, 0.3) is 0 Å². The summed E-state index contributed by atoms with van der Waals surface area (Å²) in [5, 5.41) is 3.49. The second-order valence-electron chi connectivity index (χ2n) is 7.22. The second-order valence-corrected chi connectivity index (χ2v) is 7.22. The fourth-order valence-corrected chi connectivity index (χ4v) is 3.79. The maximum Gasteiger partial charge on any atom is 0.194 e. The van der Waals surface area contributed by atoms with E-state index < -0.39 is 0 Å². The minimum Gasteiger partial charge on any atom is -0.357 e. The third-order valence-electron chi connectivity index (χ3n) is 5.38.